The molecular formula is C13H19NO2. The number of aryl methyl sites for hydroxylation is 1. The molecule has 3 heteroatoms. The molecule has 0 aromatic heterocycles. The number of nitrogens with two attached hydrogens (primary N) is 1. The Morgan fingerprint density at radius 1 is 1.31 bits per heavy atom. The predicted octanol–water partition coefficient (Wildman–Crippen LogP) is 1.29. The smallest absolute Gasteiger partial charge is 0.135 e. The molecule has 0 aliphatic rings. The largest absolute Gasteiger partial charge is 0.393 e. The van der Waals surface area contributed by atoms with Gasteiger partial charge in [-0.25, -0.2) is 0 Å². The zero-order chi connectivity index (χ0) is 11.8. The summed E-state index contributed by atoms with van der Waals surface area (Å²) in [6, 6.07) is 9.88. The van der Waals surface area contributed by atoms with E-state index < -0.39 is 6.10 Å². The van der Waals surface area contributed by atoms with E-state index in [1.807, 2.05) is 30.3 Å². The fraction of sp³-hybridized carbons (Fsp3) is 0.462. The molecule has 0 saturated heterocycles. The van der Waals surface area contributed by atoms with Gasteiger partial charge in [0, 0.05) is 12.8 Å². The number of benzene rings is 1. The second-order valence-electron chi connectivity index (χ2n) is 3.96. The Hall–Kier alpha value is -1.19. The Kier molecular flexibility index (Phi) is 5.75. The van der Waals surface area contributed by atoms with Crippen molar-refractivity contribution >= 4 is 5.78 Å². The van der Waals surface area contributed by atoms with Crippen LogP contribution in [-0.2, 0) is 11.2 Å². The van der Waals surface area contributed by atoms with Crippen molar-refractivity contribution in [3.63, 3.8) is 0 Å². The molecule has 1 unspecified atom stereocenters. The van der Waals surface area contributed by atoms with Crippen LogP contribution in [0, 0.1) is 0 Å². The maximum Gasteiger partial charge on any atom is 0.135 e. The van der Waals surface area contributed by atoms with Gasteiger partial charge in [-0.2, -0.15) is 0 Å². The normalized spacial score (nSPS) is 12.4. The number of rotatable bonds is 7. The van der Waals surface area contributed by atoms with Crippen LogP contribution >= 0.6 is 0 Å². The maximum absolute atomic E-state index is 11.5. The van der Waals surface area contributed by atoms with Gasteiger partial charge in [0.05, 0.1) is 6.10 Å². The minimum absolute atomic E-state index is 0.102. The van der Waals surface area contributed by atoms with Gasteiger partial charge in [0.2, 0.25) is 0 Å². The van der Waals surface area contributed by atoms with Gasteiger partial charge in [-0.05, 0) is 24.9 Å². The zero-order valence-corrected chi connectivity index (χ0v) is 9.43. The van der Waals surface area contributed by atoms with Crippen LogP contribution in [0.1, 0.15) is 24.8 Å². The molecule has 0 radical (unpaired) electrons. The Morgan fingerprint density at radius 2 is 2.00 bits per heavy atom. The quantitative estimate of drug-likeness (QED) is 0.729. The van der Waals surface area contributed by atoms with Crippen molar-refractivity contribution in [2.75, 3.05) is 6.54 Å². The van der Waals surface area contributed by atoms with Gasteiger partial charge >= 0.3 is 0 Å². The third-order valence-electron chi connectivity index (χ3n) is 2.50. The van der Waals surface area contributed by atoms with E-state index in [0.29, 0.717) is 19.4 Å². The molecule has 3 nitrogen and oxygen atoms in total. The second kappa shape index (κ2) is 7.14. The average Bonchev–Trinajstić information content (AvgIpc) is 2.28. The summed E-state index contributed by atoms with van der Waals surface area (Å²) in [6.07, 6.45) is 1.38. The molecule has 0 bridgehead atoms. The second-order valence-corrected chi connectivity index (χ2v) is 3.96. The lowest BCUT2D eigenvalue weighted by Gasteiger charge is -2.07. The summed E-state index contributed by atoms with van der Waals surface area (Å²) in [5.74, 6) is 0.102. The first-order valence-corrected chi connectivity index (χ1v) is 5.66. The number of hydrogen-bond acceptors (Lipinski definition) is 3. The van der Waals surface area contributed by atoms with Crippen LogP contribution in [0.4, 0.5) is 0 Å². The highest BCUT2D eigenvalue weighted by atomic mass is 16.3. The third-order valence-corrected chi connectivity index (χ3v) is 2.50. The number of carbonyl (C=O) groups is 1. The monoisotopic (exact) mass is 221 g/mol. The Bertz CT molecular complexity index is 311. The fourth-order valence-corrected chi connectivity index (χ4v) is 1.59. The summed E-state index contributed by atoms with van der Waals surface area (Å²) >= 11 is 0. The minimum atomic E-state index is -0.576. The average molecular weight is 221 g/mol. The van der Waals surface area contributed by atoms with Crippen molar-refractivity contribution in [2.45, 2.75) is 31.8 Å². The molecular weight excluding hydrogens is 202 g/mol. The molecule has 1 rings (SSSR count). The third kappa shape index (κ3) is 5.05. The van der Waals surface area contributed by atoms with Crippen LogP contribution in [-0.4, -0.2) is 23.5 Å². The number of hydrogen-bond donors (Lipinski definition) is 2. The van der Waals surface area contributed by atoms with Gasteiger partial charge in [-0.1, -0.05) is 30.3 Å². The summed E-state index contributed by atoms with van der Waals surface area (Å²) in [7, 11) is 0. The van der Waals surface area contributed by atoms with Gasteiger partial charge in [0.15, 0.2) is 0 Å². The van der Waals surface area contributed by atoms with Crippen LogP contribution < -0.4 is 5.73 Å². The van der Waals surface area contributed by atoms with E-state index in [1.54, 1.807) is 0 Å². The first-order valence-electron chi connectivity index (χ1n) is 5.66. The number of ketones is 1. The highest BCUT2D eigenvalue weighted by Gasteiger charge is 2.09. The number of aliphatic hydroxyl groups is 1. The molecule has 1 aromatic carbocycles. The van der Waals surface area contributed by atoms with Gasteiger partial charge in [0.25, 0.3) is 0 Å². The Morgan fingerprint density at radius 3 is 2.62 bits per heavy atom. The molecule has 0 fully saturated rings. The molecule has 88 valence electrons. The zero-order valence-electron chi connectivity index (χ0n) is 9.43. The molecule has 0 spiro atoms. The van der Waals surface area contributed by atoms with Gasteiger partial charge < -0.3 is 10.8 Å². The molecule has 1 atom stereocenters. The van der Waals surface area contributed by atoms with Crippen LogP contribution in [0.2, 0.25) is 0 Å². The molecule has 1 aromatic rings. The van der Waals surface area contributed by atoms with Crippen LogP contribution in [0.25, 0.3) is 0 Å². The van der Waals surface area contributed by atoms with Crippen molar-refractivity contribution in [1.82, 2.24) is 0 Å². The number of carbonyl (C=O) groups excluding carboxylic acids is 1. The van der Waals surface area contributed by atoms with E-state index in [1.165, 1.54) is 0 Å². The highest BCUT2D eigenvalue weighted by Crippen LogP contribution is 2.06. The lowest BCUT2D eigenvalue weighted by Crippen LogP contribution is -2.17. The topological polar surface area (TPSA) is 63.3 Å². The van der Waals surface area contributed by atoms with E-state index in [9.17, 15) is 9.90 Å². The molecule has 16 heavy (non-hydrogen) atoms. The first-order chi connectivity index (χ1) is 7.72. The Balaban J connectivity index is 2.25. The molecule has 0 heterocycles. The summed E-state index contributed by atoms with van der Waals surface area (Å²) in [5.41, 5.74) is 6.46. The molecule has 0 aliphatic heterocycles. The summed E-state index contributed by atoms with van der Waals surface area (Å²) in [6.45, 7) is 0.424. The van der Waals surface area contributed by atoms with E-state index in [2.05, 4.69) is 0 Å². The standard InChI is InChI=1S/C13H19NO2/c14-9-8-13(16)10-12(15)7-6-11-4-2-1-3-5-11/h1-5,13,16H,6-10,14H2. The SMILES string of the molecule is NCCC(O)CC(=O)CCc1ccccc1. The van der Waals surface area contributed by atoms with E-state index >= 15 is 0 Å². The van der Waals surface area contributed by atoms with E-state index in [4.69, 9.17) is 5.73 Å². The molecule has 3 N–H and O–H groups in total. The van der Waals surface area contributed by atoms with Crippen molar-refractivity contribution in [3.05, 3.63) is 35.9 Å². The fourth-order valence-electron chi connectivity index (χ4n) is 1.59. The van der Waals surface area contributed by atoms with Gasteiger partial charge in [-0.3, -0.25) is 4.79 Å². The number of aliphatic hydroxyl groups excluding tert-OH is 1. The van der Waals surface area contributed by atoms with Crippen molar-refractivity contribution in [1.29, 1.82) is 0 Å². The first kappa shape index (κ1) is 12.9. The maximum atomic E-state index is 11.5. The highest BCUT2D eigenvalue weighted by molar-refractivity contribution is 5.79. The van der Waals surface area contributed by atoms with Crippen molar-refractivity contribution in [3.8, 4) is 0 Å². The van der Waals surface area contributed by atoms with Crippen LogP contribution in [0.5, 0.6) is 0 Å². The molecule has 0 aliphatic carbocycles. The minimum Gasteiger partial charge on any atom is -0.393 e. The lowest BCUT2D eigenvalue weighted by molar-refractivity contribution is -0.120. The number of Topliss-reactive ketones (excluding diaryl/α,β-unsaturated/α-hetero) is 1. The van der Waals surface area contributed by atoms with Crippen LogP contribution in [0.15, 0.2) is 30.3 Å². The Labute approximate surface area is 96.3 Å². The van der Waals surface area contributed by atoms with Crippen molar-refractivity contribution in [2.24, 2.45) is 5.73 Å². The summed E-state index contributed by atoms with van der Waals surface area (Å²) in [4.78, 5) is 11.5. The van der Waals surface area contributed by atoms with Gasteiger partial charge in [-0.15, -0.1) is 0 Å². The molecule has 0 amide bonds. The summed E-state index contributed by atoms with van der Waals surface area (Å²) in [5, 5.41) is 9.42. The van der Waals surface area contributed by atoms with Crippen LogP contribution in [0.3, 0.4) is 0 Å². The molecule has 0 saturated carbocycles. The van der Waals surface area contributed by atoms with Crippen molar-refractivity contribution < 1.29 is 9.90 Å². The van der Waals surface area contributed by atoms with Gasteiger partial charge in [0.1, 0.15) is 5.78 Å². The predicted molar refractivity (Wildman–Crippen MR) is 64.1 cm³/mol. The lowest BCUT2D eigenvalue weighted by atomic mass is 10.0. The summed E-state index contributed by atoms with van der Waals surface area (Å²) < 4.78 is 0. The van der Waals surface area contributed by atoms with E-state index in [0.717, 1.165) is 12.0 Å². The van der Waals surface area contributed by atoms with E-state index in [-0.39, 0.29) is 12.2 Å².